The Balaban J connectivity index is 2.08. The number of amides is 1. The van der Waals surface area contributed by atoms with Crippen LogP contribution in [0.2, 0.25) is 0 Å². The van der Waals surface area contributed by atoms with E-state index in [0.717, 1.165) is 5.56 Å². The summed E-state index contributed by atoms with van der Waals surface area (Å²) in [5.74, 6) is 0.315. The van der Waals surface area contributed by atoms with Crippen molar-refractivity contribution >= 4 is 11.6 Å². The van der Waals surface area contributed by atoms with E-state index in [2.05, 4.69) is 5.32 Å². The van der Waals surface area contributed by atoms with Crippen LogP contribution >= 0.6 is 0 Å². The molecule has 2 rings (SSSR count). The molecule has 0 saturated heterocycles. The Labute approximate surface area is 118 Å². The van der Waals surface area contributed by atoms with E-state index < -0.39 is 0 Å². The number of nitrogens with one attached hydrogen (secondary N) is 1. The van der Waals surface area contributed by atoms with Crippen LogP contribution in [-0.4, -0.2) is 13.0 Å². The summed E-state index contributed by atoms with van der Waals surface area (Å²) in [5, 5.41) is 2.86. The number of nitrogens with two attached hydrogens (primary N) is 1. The second-order valence-electron chi connectivity index (χ2n) is 4.63. The van der Waals surface area contributed by atoms with Crippen LogP contribution in [0.1, 0.15) is 21.5 Å². The van der Waals surface area contributed by atoms with Crippen molar-refractivity contribution in [3.8, 4) is 5.75 Å². The first-order chi connectivity index (χ1) is 9.60. The molecule has 0 heterocycles. The predicted molar refractivity (Wildman–Crippen MR) is 79.8 cm³/mol. The number of carbonyl (C=O) groups is 1. The molecule has 0 spiro atoms. The highest BCUT2D eigenvalue weighted by Crippen LogP contribution is 2.20. The number of benzene rings is 2. The van der Waals surface area contributed by atoms with E-state index in [1.54, 1.807) is 18.2 Å². The monoisotopic (exact) mass is 270 g/mol. The quantitative estimate of drug-likeness (QED) is 0.839. The molecule has 0 saturated carbocycles. The van der Waals surface area contributed by atoms with Gasteiger partial charge in [0.1, 0.15) is 5.75 Å². The molecule has 3 N–H and O–H groups in total. The highest BCUT2D eigenvalue weighted by Gasteiger charge is 2.12. The third-order valence-corrected chi connectivity index (χ3v) is 3.04. The molecule has 4 heteroatoms. The largest absolute Gasteiger partial charge is 0.496 e. The van der Waals surface area contributed by atoms with Gasteiger partial charge in [0.15, 0.2) is 0 Å². The first kappa shape index (κ1) is 13.9. The second-order valence-corrected chi connectivity index (χ2v) is 4.63. The molecule has 2 aromatic rings. The maximum atomic E-state index is 12.2. The molecule has 4 nitrogen and oxygen atoms in total. The lowest BCUT2D eigenvalue weighted by molar-refractivity contribution is 0.0948. The fraction of sp³-hybridized carbons (Fsp3) is 0.188. The summed E-state index contributed by atoms with van der Waals surface area (Å²) in [4.78, 5) is 12.2. The zero-order valence-corrected chi connectivity index (χ0v) is 11.6. The average Bonchev–Trinajstić information content (AvgIpc) is 2.46. The van der Waals surface area contributed by atoms with Crippen LogP contribution in [0.15, 0.2) is 42.5 Å². The van der Waals surface area contributed by atoms with Gasteiger partial charge in [-0.1, -0.05) is 29.8 Å². The zero-order chi connectivity index (χ0) is 14.5. The Hall–Kier alpha value is -2.49. The number of hydrogen-bond donors (Lipinski definition) is 2. The molecular weight excluding hydrogens is 252 g/mol. The van der Waals surface area contributed by atoms with Crippen LogP contribution in [0, 0.1) is 6.92 Å². The van der Waals surface area contributed by atoms with Gasteiger partial charge in [0.25, 0.3) is 5.91 Å². The van der Waals surface area contributed by atoms with Crippen molar-refractivity contribution < 1.29 is 9.53 Å². The molecule has 2 aromatic carbocycles. The van der Waals surface area contributed by atoms with Crippen molar-refractivity contribution in [3.63, 3.8) is 0 Å². The van der Waals surface area contributed by atoms with E-state index in [0.29, 0.717) is 23.5 Å². The molecule has 0 radical (unpaired) electrons. The van der Waals surface area contributed by atoms with Crippen molar-refractivity contribution in [2.75, 3.05) is 12.8 Å². The average molecular weight is 270 g/mol. The molecule has 0 unspecified atom stereocenters. The smallest absolute Gasteiger partial charge is 0.255 e. The van der Waals surface area contributed by atoms with Gasteiger partial charge >= 0.3 is 0 Å². The van der Waals surface area contributed by atoms with Crippen molar-refractivity contribution in [3.05, 3.63) is 59.2 Å². The fourth-order valence-electron chi connectivity index (χ4n) is 1.89. The first-order valence-electron chi connectivity index (χ1n) is 6.37. The van der Waals surface area contributed by atoms with E-state index in [4.69, 9.17) is 10.5 Å². The van der Waals surface area contributed by atoms with Gasteiger partial charge in [-0.3, -0.25) is 4.79 Å². The molecule has 104 valence electrons. The zero-order valence-electron chi connectivity index (χ0n) is 11.6. The molecule has 0 fully saturated rings. The summed E-state index contributed by atoms with van der Waals surface area (Å²) in [5.41, 5.74) is 8.93. The lowest BCUT2D eigenvalue weighted by Gasteiger charge is -2.10. The second kappa shape index (κ2) is 6.10. The van der Waals surface area contributed by atoms with Gasteiger partial charge in [0.2, 0.25) is 0 Å². The van der Waals surface area contributed by atoms with Crippen LogP contribution < -0.4 is 15.8 Å². The number of anilines is 1. The lowest BCUT2D eigenvalue weighted by Crippen LogP contribution is -2.23. The Bertz CT molecular complexity index is 606. The molecular formula is C16H18N2O2. The number of rotatable bonds is 4. The van der Waals surface area contributed by atoms with E-state index in [9.17, 15) is 4.79 Å². The number of nitrogen functional groups attached to an aromatic ring is 1. The number of ether oxygens (including phenoxy) is 1. The Morgan fingerprint density at radius 3 is 2.55 bits per heavy atom. The van der Waals surface area contributed by atoms with Crippen molar-refractivity contribution in [2.45, 2.75) is 13.5 Å². The normalized spacial score (nSPS) is 10.1. The van der Waals surface area contributed by atoms with Crippen molar-refractivity contribution in [1.29, 1.82) is 0 Å². The Morgan fingerprint density at radius 1 is 1.20 bits per heavy atom. The topological polar surface area (TPSA) is 64.3 Å². The summed E-state index contributed by atoms with van der Waals surface area (Å²) in [6.07, 6.45) is 0. The van der Waals surface area contributed by atoms with Crippen molar-refractivity contribution in [2.24, 2.45) is 0 Å². The van der Waals surface area contributed by atoms with Gasteiger partial charge in [0, 0.05) is 12.2 Å². The summed E-state index contributed by atoms with van der Waals surface area (Å²) >= 11 is 0. The van der Waals surface area contributed by atoms with Crippen LogP contribution in [0.3, 0.4) is 0 Å². The van der Waals surface area contributed by atoms with Crippen LogP contribution in [-0.2, 0) is 6.54 Å². The standard InChI is InChI=1S/C16H18N2O2/c1-11-3-5-12(6-4-11)10-18-16(19)14-9-13(17)7-8-15(14)20-2/h3-9H,10,17H2,1-2H3,(H,18,19). The SMILES string of the molecule is COc1ccc(N)cc1C(=O)NCc1ccc(C)cc1. The first-order valence-corrected chi connectivity index (χ1v) is 6.37. The summed E-state index contributed by atoms with van der Waals surface area (Å²) < 4.78 is 5.17. The minimum Gasteiger partial charge on any atom is -0.496 e. The number of carbonyl (C=O) groups excluding carboxylic acids is 1. The third kappa shape index (κ3) is 3.29. The number of aryl methyl sites for hydroxylation is 1. The van der Waals surface area contributed by atoms with Crippen LogP contribution in [0.25, 0.3) is 0 Å². The number of methoxy groups -OCH3 is 1. The minimum atomic E-state index is -0.199. The maximum Gasteiger partial charge on any atom is 0.255 e. The predicted octanol–water partition coefficient (Wildman–Crippen LogP) is 2.52. The highest BCUT2D eigenvalue weighted by atomic mass is 16.5. The maximum absolute atomic E-state index is 12.2. The van der Waals surface area contributed by atoms with E-state index in [-0.39, 0.29) is 5.91 Å². The molecule has 0 aromatic heterocycles. The summed E-state index contributed by atoms with van der Waals surface area (Å²) in [7, 11) is 1.53. The summed E-state index contributed by atoms with van der Waals surface area (Å²) in [6, 6.07) is 13.0. The molecule has 0 aliphatic rings. The lowest BCUT2D eigenvalue weighted by atomic mass is 10.1. The molecule has 0 aliphatic heterocycles. The van der Waals surface area contributed by atoms with Gasteiger partial charge in [-0.15, -0.1) is 0 Å². The van der Waals surface area contributed by atoms with Crippen molar-refractivity contribution in [1.82, 2.24) is 5.32 Å². The molecule has 1 amide bonds. The molecule has 0 bridgehead atoms. The highest BCUT2D eigenvalue weighted by molar-refractivity contribution is 5.97. The fourth-order valence-corrected chi connectivity index (χ4v) is 1.89. The van der Waals surface area contributed by atoms with Gasteiger partial charge in [-0.05, 0) is 30.7 Å². The van der Waals surface area contributed by atoms with Gasteiger partial charge in [-0.2, -0.15) is 0 Å². The third-order valence-electron chi connectivity index (χ3n) is 3.04. The van der Waals surface area contributed by atoms with Crippen LogP contribution in [0.5, 0.6) is 5.75 Å². The van der Waals surface area contributed by atoms with Gasteiger partial charge in [0.05, 0.1) is 12.7 Å². The van der Waals surface area contributed by atoms with E-state index >= 15 is 0 Å². The minimum absolute atomic E-state index is 0.199. The van der Waals surface area contributed by atoms with Crippen LogP contribution in [0.4, 0.5) is 5.69 Å². The molecule has 20 heavy (non-hydrogen) atoms. The summed E-state index contributed by atoms with van der Waals surface area (Å²) in [6.45, 7) is 2.50. The number of hydrogen-bond acceptors (Lipinski definition) is 3. The van der Waals surface area contributed by atoms with Gasteiger partial charge in [-0.25, -0.2) is 0 Å². The van der Waals surface area contributed by atoms with Gasteiger partial charge < -0.3 is 15.8 Å². The van der Waals surface area contributed by atoms with E-state index in [1.807, 2.05) is 31.2 Å². The molecule has 0 aliphatic carbocycles. The molecule has 0 atom stereocenters. The Morgan fingerprint density at radius 2 is 1.90 bits per heavy atom. The van der Waals surface area contributed by atoms with E-state index in [1.165, 1.54) is 12.7 Å². The Kier molecular flexibility index (Phi) is 4.25.